The first kappa shape index (κ1) is 27.5. The highest BCUT2D eigenvalue weighted by Crippen LogP contribution is 2.30. The van der Waals surface area contributed by atoms with E-state index in [0.717, 1.165) is 0 Å². The summed E-state index contributed by atoms with van der Waals surface area (Å²) in [5.74, 6) is 0. The molecule has 4 aromatic carbocycles. The predicted molar refractivity (Wildman–Crippen MR) is 139 cm³/mol. The molecule has 4 rings (SSSR count). The summed E-state index contributed by atoms with van der Waals surface area (Å²) >= 11 is 3.58. The fraction of sp³-hybridized carbons (Fsp3) is 0.143. The fourth-order valence-electron chi connectivity index (χ4n) is 3.22. The van der Waals surface area contributed by atoms with Crippen LogP contribution in [0.1, 0.15) is 26.3 Å². The Bertz CT molecular complexity index is 937. The van der Waals surface area contributed by atoms with Crippen LogP contribution in [0, 0.1) is 0 Å². The summed E-state index contributed by atoms with van der Waals surface area (Å²) in [5, 5.41) is 0. The highest BCUT2D eigenvalue weighted by Gasteiger charge is 2.27. The van der Waals surface area contributed by atoms with Crippen molar-refractivity contribution in [3.05, 3.63) is 121 Å². The molecule has 2 N–H and O–H groups in total. The Morgan fingerprint density at radius 3 is 1.09 bits per heavy atom. The maximum Gasteiger partial charge on any atom is 0.166 e. The van der Waals surface area contributed by atoms with Crippen LogP contribution >= 0.6 is 0 Å². The van der Waals surface area contributed by atoms with E-state index in [9.17, 15) is 0 Å². The Morgan fingerprint density at radius 1 is 0.500 bits per heavy atom. The number of hydrogen-bond donors (Lipinski definition) is 0. The second-order valence-corrected chi connectivity index (χ2v) is 10.6. The van der Waals surface area contributed by atoms with Gasteiger partial charge in [-0.3, -0.25) is 0 Å². The van der Waals surface area contributed by atoms with Gasteiger partial charge in [0.15, 0.2) is 19.6 Å². The molecule has 4 aromatic rings. The molecule has 0 bridgehead atoms. The zero-order chi connectivity index (χ0) is 21.4. The van der Waals surface area contributed by atoms with Crippen LogP contribution in [0.15, 0.2) is 135 Å². The van der Waals surface area contributed by atoms with E-state index in [1.807, 2.05) is 6.07 Å². The predicted octanol–water partition coefficient (Wildman–Crippen LogP) is 6.78. The lowest BCUT2D eigenvalue weighted by atomic mass is 9.87. The van der Waals surface area contributed by atoms with Crippen LogP contribution in [0.2, 0.25) is 0 Å². The minimum atomic E-state index is -0.0146. The van der Waals surface area contributed by atoms with E-state index >= 15 is 0 Å². The molecule has 168 valence electrons. The van der Waals surface area contributed by atoms with Crippen molar-refractivity contribution in [3.63, 3.8) is 0 Å². The quantitative estimate of drug-likeness (QED) is 0.314. The van der Waals surface area contributed by atoms with Crippen LogP contribution in [0.3, 0.4) is 0 Å². The maximum absolute atomic E-state index is 3.58. The largest absolute Gasteiger partial charge is 0.870 e. The average Bonchev–Trinajstić information content (AvgIpc) is 2.76. The first-order chi connectivity index (χ1) is 14.5. The van der Waals surface area contributed by atoms with Gasteiger partial charge in [0.1, 0.15) is 0 Å². The van der Waals surface area contributed by atoms with Crippen molar-refractivity contribution in [2.45, 2.75) is 45.8 Å². The lowest BCUT2D eigenvalue weighted by molar-refractivity contribution is 0.578. The number of hydrogen-bond acceptors (Lipinski definition) is 2. The minimum absolute atomic E-state index is 0. The summed E-state index contributed by atoms with van der Waals surface area (Å²) in [4.78, 5) is 5.28. The third-order valence-corrected chi connectivity index (χ3v) is 7.34. The van der Waals surface area contributed by atoms with Gasteiger partial charge in [-0.05, 0) is 60.5 Å². The Hall–Kier alpha value is -2.50. The van der Waals surface area contributed by atoms with E-state index in [-0.39, 0.29) is 27.3 Å². The van der Waals surface area contributed by atoms with Gasteiger partial charge < -0.3 is 11.0 Å². The van der Waals surface area contributed by atoms with Crippen molar-refractivity contribution < 1.29 is 11.0 Å². The van der Waals surface area contributed by atoms with Crippen LogP contribution in [-0.4, -0.2) is 11.0 Å². The minimum Gasteiger partial charge on any atom is -0.870 e. The summed E-state index contributed by atoms with van der Waals surface area (Å²) in [6, 6.07) is 40.5. The zero-order valence-corrected chi connectivity index (χ0v) is 20.6. The molecule has 0 heterocycles. The van der Waals surface area contributed by atoms with E-state index in [1.54, 1.807) is 0 Å². The highest BCUT2D eigenvalue weighted by molar-refractivity contribution is 7.97. The van der Waals surface area contributed by atoms with Crippen molar-refractivity contribution >= 4 is 23.5 Å². The smallest absolute Gasteiger partial charge is 0.166 e. The maximum atomic E-state index is 3.58. The monoisotopic (exact) mass is 464 g/mol. The van der Waals surface area contributed by atoms with E-state index in [0.29, 0.717) is 0 Å². The number of benzene rings is 4. The van der Waals surface area contributed by atoms with Crippen molar-refractivity contribution in [2.75, 3.05) is 0 Å². The van der Waals surface area contributed by atoms with Gasteiger partial charge in [-0.1, -0.05) is 93.6 Å². The van der Waals surface area contributed by atoms with Crippen LogP contribution in [0.5, 0.6) is 0 Å². The molecule has 0 aliphatic rings. The van der Waals surface area contributed by atoms with E-state index in [1.165, 1.54) is 25.1 Å². The van der Waals surface area contributed by atoms with E-state index in [4.69, 9.17) is 0 Å². The third-order valence-electron chi connectivity index (χ3n) is 4.67. The first-order valence-corrected chi connectivity index (χ1v) is 11.9. The molecule has 0 amide bonds. The van der Waals surface area contributed by atoms with Crippen LogP contribution in [-0.2, 0) is 28.9 Å². The lowest BCUT2D eigenvalue weighted by Gasteiger charge is -2.18. The van der Waals surface area contributed by atoms with Crippen molar-refractivity contribution in [3.8, 4) is 0 Å². The molecular formula is C28H32O2S2. The number of rotatable bonds is 3. The highest BCUT2D eigenvalue weighted by atomic mass is 32.2. The summed E-state index contributed by atoms with van der Waals surface area (Å²) in [6.07, 6.45) is 0. The lowest BCUT2D eigenvalue weighted by Crippen LogP contribution is -2.12. The van der Waals surface area contributed by atoms with Gasteiger partial charge in [-0.2, -0.15) is 0 Å². The normalized spacial score (nSPS) is 10.3. The average molecular weight is 465 g/mol. The summed E-state index contributed by atoms with van der Waals surface area (Å²) in [6.45, 7) is 6.64. The second kappa shape index (κ2) is 13.1. The Kier molecular flexibility index (Phi) is 11.3. The molecule has 0 saturated heterocycles. The fourth-order valence-corrected chi connectivity index (χ4v) is 5.87. The van der Waals surface area contributed by atoms with Gasteiger partial charge in [0.2, 0.25) is 0 Å². The summed E-state index contributed by atoms with van der Waals surface area (Å²) in [7, 11) is -0.0146. The van der Waals surface area contributed by atoms with Crippen molar-refractivity contribution in [2.24, 2.45) is 0 Å². The van der Waals surface area contributed by atoms with E-state index < -0.39 is 0 Å². The molecule has 0 fully saturated rings. The molecule has 0 spiro atoms. The molecular weight excluding hydrogens is 432 g/mol. The molecule has 0 saturated carbocycles. The SMILES string of the molecule is CC(C)(C)c1ccccc1[SH2+].[OH-].[OH-].c1ccc([S+](c2ccccc2)c2ccccc2)cc1. The molecule has 4 heteroatoms. The first-order valence-electron chi connectivity index (χ1n) is 10.2. The zero-order valence-electron chi connectivity index (χ0n) is 18.8. The van der Waals surface area contributed by atoms with Gasteiger partial charge in [-0.25, -0.2) is 0 Å². The Morgan fingerprint density at radius 2 is 0.812 bits per heavy atom. The van der Waals surface area contributed by atoms with Gasteiger partial charge in [0, 0.05) is 5.56 Å². The molecule has 32 heavy (non-hydrogen) atoms. The molecule has 0 unspecified atom stereocenters. The topological polar surface area (TPSA) is 60.0 Å². The van der Waals surface area contributed by atoms with Gasteiger partial charge in [0.05, 0.1) is 10.9 Å². The van der Waals surface area contributed by atoms with Gasteiger partial charge >= 0.3 is 0 Å². The Balaban J connectivity index is 0.000000342. The van der Waals surface area contributed by atoms with E-state index in [2.05, 4.69) is 143 Å². The van der Waals surface area contributed by atoms with Crippen molar-refractivity contribution in [1.82, 2.24) is 0 Å². The summed E-state index contributed by atoms with van der Waals surface area (Å²) < 4.78 is 0. The Labute approximate surface area is 200 Å². The van der Waals surface area contributed by atoms with Crippen LogP contribution in [0.25, 0.3) is 0 Å². The van der Waals surface area contributed by atoms with Crippen molar-refractivity contribution in [1.29, 1.82) is 0 Å². The van der Waals surface area contributed by atoms with Gasteiger partial charge in [-0.15, -0.1) is 0 Å². The van der Waals surface area contributed by atoms with Gasteiger partial charge in [0.25, 0.3) is 0 Å². The summed E-state index contributed by atoms with van der Waals surface area (Å²) in [5.41, 5.74) is 1.59. The third kappa shape index (κ3) is 7.57. The molecule has 0 atom stereocenters. The molecule has 0 aliphatic heterocycles. The molecule has 0 radical (unpaired) electrons. The van der Waals surface area contributed by atoms with Crippen LogP contribution in [0.4, 0.5) is 0 Å². The molecule has 2 nitrogen and oxygen atoms in total. The standard InChI is InChI=1S/C18H15S.C10H14S.2H2O/c1-4-10-16(11-5-1)19(17-12-6-2-7-13-17)18-14-8-3-9-15-18;1-10(2,3)8-6-4-5-7-9(8)11;;/h1-15H;4-7,11H,1-3H3;2*1H2/q+1;;;/p-1. The van der Waals surface area contributed by atoms with Crippen LogP contribution < -0.4 is 0 Å². The second-order valence-electron chi connectivity index (χ2n) is 8.04. The molecule has 0 aliphatic carbocycles. The molecule has 0 aromatic heterocycles.